The zero-order chi connectivity index (χ0) is 25.3. The molecule has 0 bridgehead atoms. The van der Waals surface area contributed by atoms with E-state index in [0.29, 0.717) is 12.0 Å². The Morgan fingerprint density at radius 1 is 0.686 bits per heavy atom. The standard InChI is InChI=1S/C29H28F6/c1-3-16-10-8-9-13-19(16)18(4-2)22-26(32)28(34)23(29(35)27(22)33)21-15-14-20(24(30)25(21)31)17-11-6-5-7-12-17/h5-7,11-12,14-16,18-19H,3-4,8-10,13H2,1-2H3. The molecule has 3 unspecified atom stereocenters. The maximum atomic E-state index is 15.4. The van der Waals surface area contributed by atoms with Gasteiger partial charge in [0.15, 0.2) is 34.9 Å². The van der Waals surface area contributed by atoms with Crippen molar-refractivity contribution in [3.05, 3.63) is 82.9 Å². The van der Waals surface area contributed by atoms with Crippen molar-refractivity contribution in [1.82, 2.24) is 0 Å². The first-order valence-corrected chi connectivity index (χ1v) is 12.2. The van der Waals surface area contributed by atoms with Crippen molar-refractivity contribution < 1.29 is 26.3 Å². The molecule has 0 nitrogen and oxygen atoms in total. The molecule has 0 radical (unpaired) electrons. The summed E-state index contributed by atoms with van der Waals surface area (Å²) in [5.74, 6) is -9.99. The minimum Gasteiger partial charge on any atom is -0.203 e. The van der Waals surface area contributed by atoms with E-state index in [-0.39, 0.29) is 17.4 Å². The maximum Gasteiger partial charge on any atom is 0.170 e. The molecule has 0 spiro atoms. The quantitative estimate of drug-likeness (QED) is 0.238. The third kappa shape index (κ3) is 4.48. The molecule has 35 heavy (non-hydrogen) atoms. The van der Waals surface area contributed by atoms with Gasteiger partial charge in [-0.05, 0) is 36.2 Å². The van der Waals surface area contributed by atoms with E-state index in [9.17, 15) is 4.39 Å². The van der Waals surface area contributed by atoms with Crippen molar-refractivity contribution >= 4 is 0 Å². The van der Waals surface area contributed by atoms with Crippen LogP contribution in [0.3, 0.4) is 0 Å². The maximum absolute atomic E-state index is 15.4. The first-order chi connectivity index (χ1) is 16.8. The Morgan fingerprint density at radius 3 is 1.86 bits per heavy atom. The molecular weight excluding hydrogens is 462 g/mol. The average molecular weight is 491 g/mol. The Kier molecular flexibility index (Phi) is 7.58. The Morgan fingerprint density at radius 2 is 1.26 bits per heavy atom. The van der Waals surface area contributed by atoms with Gasteiger partial charge in [-0.25, -0.2) is 26.3 Å². The van der Waals surface area contributed by atoms with Gasteiger partial charge in [0.25, 0.3) is 0 Å². The lowest BCUT2D eigenvalue weighted by Gasteiger charge is -2.37. The first-order valence-electron chi connectivity index (χ1n) is 12.2. The van der Waals surface area contributed by atoms with E-state index < -0.39 is 57.5 Å². The molecule has 0 heterocycles. The van der Waals surface area contributed by atoms with Crippen LogP contribution >= 0.6 is 0 Å². The Balaban J connectivity index is 1.84. The molecule has 0 amide bonds. The normalized spacial score (nSPS) is 19.1. The van der Waals surface area contributed by atoms with Crippen LogP contribution in [0, 0.1) is 46.7 Å². The first kappa shape index (κ1) is 25.3. The lowest BCUT2D eigenvalue weighted by molar-refractivity contribution is 0.185. The monoisotopic (exact) mass is 490 g/mol. The predicted molar refractivity (Wildman–Crippen MR) is 126 cm³/mol. The Hall–Kier alpha value is -2.76. The van der Waals surface area contributed by atoms with E-state index in [1.165, 1.54) is 0 Å². The smallest absolute Gasteiger partial charge is 0.170 e. The van der Waals surface area contributed by atoms with E-state index in [4.69, 9.17) is 0 Å². The van der Waals surface area contributed by atoms with E-state index in [2.05, 4.69) is 0 Å². The van der Waals surface area contributed by atoms with Gasteiger partial charge in [0.05, 0.1) is 5.56 Å². The minimum atomic E-state index is -1.70. The van der Waals surface area contributed by atoms with Gasteiger partial charge < -0.3 is 0 Å². The number of halogens is 6. The molecule has 3 atom stereocenters. The molecule has 1 aliphatic rings. The highest BCUT2D eigenvalue weighted by Crippen LogP contribution is 2.46. The van der Waals surface area contributed by atoms with E-state index in [0.717, 1.165) is 44.2 Å². The van der Waals surface area contributed by atoms with Crippen molar-refractivity contribution in [3.63, 3.8) is 0 Å². The molecule has 4 rings (SSSR count). The number of hydrogen-bond donors (Lipinski definition) is 0. The minimum absolute atomic E-state index is 0.105. The molecule has 1 aliphatic carbocycles. The number of rotatable bonds is 6. The third-order valence-corrected chi connectivity index (χ3v) is 7.55. The van der Waals surface area contributed by atoms with Gasteiger partial charge in [-0.15, -0.1) is 0 Å². The second kappa shape index (κ2) is 10.5. The summed E-state index contributed by atoms with van der Waals surface area (Å²) >= 11 is 0. The fourth-order valence-electron chi connectivity index (χ4n) is 5.79. The highest BCUT2D eigenvalue weighted by atomic mass is 19.2. The third-order valence-electron chi connectivity index (χ3n) is 7.55. The zero-order valence-corrected chi connectivity index (χ0v) is 19.8. The summed E-state index contributed by atoms with van der Waals surface area (Å²) in [7, 11) is 0. The van der Waals surface area contributed by atoms with Crippen molar-refractivity contribution in [2.45, 2.75) is 58.3 Å². The number of benzene rings is 3. The van der Waals surface area contributed by atoms with Gasteiger partial charge in [-0.1, -0.05) is 82.0 Å². The Bertz CT molecular complexity index is 1170. The van der Waals surface area contributed by atoms with Gasteiger partial charge in [-0.3, -0.25) is 0 Å². The molecule has 6 heteroatoms. The van der Waals surface area contributed by atoms with E-state index >= 15 is 22.0 Å². The molecular formula is C29H28F6. The fraction of sp³-hybridized carbons (Fsp3) is 0.379. The topological polar surface area (TPSA) is 0 Å². The zero-order valence-electron chi connectivity index (χ0n) is 19.8. The van der Waals surface area contributed by atoms with Crippen molar-refractivity contribution in [2.24, 2.45) is 11.8 Å². The van der Waals surface area contributed by atoms with Crippen LogP contribution in [-0.2, 0) is 0 Å². The molecule has 3 aromatic carbocycles. The van der Waals surface area contributed by atoms with Gasteiger partial charge in [-0.2, -0.15) is 0 Å². The molecule has 0 aliphatic heterocycles. The van der Waals surface area contributed by atoms with Gasteiger partial charge in [0.1, 0.15) is 0 Å². The fourth-order valence-corrected chi connectivity index (χ4v) is 5.79. The lowest BCUT2D eigenvalue weighted by atomic mass is 9.68. The summed E-state index contributed by atoms with van der Waals surface area (Å²) in [5.41, 5.74) is -2.49. The van der Waals surface area contributed by atoms with Gasteiger partial charge in [0, 0.05) is 16.7 Å². The Labute approximate surface area is 202 Å². The molecule has 186 valence electrons. The number of hydrogen-bond acceptors (Lipinski definition) is 0. The molecule has 0 N–H and O–H groups in total. The molecule has 0 aromatic heterocycles. The highest BCUT2D eigenvalue weighted by molar-refractivity contribution is 5.73. The van der Waals surface area contributed by atoms with E-state index in [1.807, 2.05) is 6.92 Å². The molecule has 1 fully saturated rings. The lowest BCUT2D eigenvalue weighted by Crippen LogP contribution is -2.27. The summed E-state index contributed by atoms with van der Waals surface area (Å²) in [6, 6.07) is 10.1. The summed E-state index contributed by atoms with van der Waals surface area (Å²) in [6.07, 6.45) is 4.65. The second-order valence-corrected chi connectivity index (χ2v) is 9.33. The van der Waals surface area contributed by atoms with Crippen LogP contribution in [-0.4, -0.2) is 0 Å². The van der Waals surface area contributed by atoms with Crippen LogP contribution in [0.5, 0.6) is 0 Å². The summed E-state index contributed by atoms with van der Waals surface area (Å²) in [5, 5.41) is 0. The van der Waals surface area contributed by atoms with Crippen molar-refractivity contribution in [1.29, 1.82) is 0 Å². The van der Waals surface area contributed by atoms with Crippen LogP contribution < -0.4 is 0 Å². The molecule has 0 saturated heterocycles. The van der Waals surface area contributed by atoms with Crippen LogP contribution in [0.25, 0.3) is 22.3 Å². The average Bonchev–Trinajstić information content (AvgIpc) is 2.88. The molecule has 3 aromatic rings. The summed E-state index contributed by atoms with van der Waals surface area (Å²) in [4.78, 5) is 0. The van der Waals surface area contributed by atoms with E-state index in [1.54, 1.807) is 37.3 Å². The largest absolute Gasteiger partial charge is 0.203 e. The highest BCUT2D eigenvalue weighted by Gasteiger charge is 2.37. The SMILES string of the molecule is CCC1CCCCC1C(CC)c1c(F)c(F)c(-c2ccc(-c3ccccc3)c(F)c2F)c(F)c1F. The van der Waals surface area contributed by atoms with Crippen LogP contribution in [0.4, 0.5) is 26.3 Å². The van der Waals surface area contributed by atoms with Crippen molar-refractivity contribution in [2.75, 3.05) is 0 Å². The van der Waals surface area contributed by atoms with Crippen LogP contribution in [0.15, 0.2) is 42.5 Å². The summed E-state index contributed by atoms with van der Waals surface area (Å²) < 4.78 is 91.3. The second-order valence-electron chi connectivity index (χ2n) is 9.33. The van der Waals surface area contributed by atoms with Crippen molar-refractivity contribution in [3.8, 4) is 22.3 Å². The van der Waals surface area contributed by atoms with Crippen LogP contribution in [0.2, 0.25) is 0 Å². The van der Waals surface area contributed by atoms with Gasteiger partial charge >= 0.3 is 0 Å². The van der Waals surface area contributed by atoms with Crippen LogP contribution in [0.1, 0.15) is 63.9 Å². The summed E-state index contributed by atoms with van der Waals surface area (Å²) in [6.45, 7) is 3.75. The molecule has 1 saturated carbocycles. The predicted octanol–water partition coefficient (Wildman–Crippen LogP) is 9.57. The van der Waals surface area contributed by atoms with Gasteiger partial charge in [0.2, 0.25) is 0 Å².